The molecule has 6 nitrogen and oxygen atoms in total. The van der Waals surface area contributed by atoms with Crippen LogP contribution in [0.25, 0.3) is 0 Å². The summed E-state index contributed by atoms with van der Waals surface area (Å²) < 4.78 is 39.1. The Morgan fingerprint density at radius 1 is 1.06 bits per heavy atom. The van der Waals surface area contributed by atoms with Crippen molar-refractivity contribution in [3.05, 3.63) is 100.0 Å². The molecule has 0 aliphatic rings. The summed E-state index contributed by atoms with van der Waals surface area (Å²) in [5.74, 6) is -0.718. The number of carbonyl (C=O) groups excluding carboxylic acids is 1. The Bertz CT molecular complexity index is 1160. The quantitative estimate of drug-likeness (QED) is 0.411. The highest BCUT2D eigenvalue weighted by molar-refractivity contribution is 5.82. The maximum Gasteiger partial charge on any atom is 0.417 e. The molecular weight excluding hydrogens is 433 g/mol. The third-order valence-electron chi connectivity index (χ3n) is 4.88. The van der Waals surface area contributed by atoms with E-state index < -0.39 is 29.8 Å². The van der Waals surface area contributed by atoms with Gasteiger partial charge in [0.2, 0.25) is 0 Å². The van der Waals surface area contributed by atoms with Gasteiger partial charge in [0.25, 0.3) is 11.5 Å². The molecule has 1 heterocycles. The van der Waals surface area contributed by atoms with E-state index in [-0.39, 0.29) is 0 Å². The van der Waals surface area contributed by atoms with Gasteiger partial charge in [0.05, 0.1) is 11.8 Å². The number of amides is 1. The molecule has 3 rings (SSSR count). The topological polar surface area (TPSA) is 66.7 Å². The second-order valence-electron chi connectivity index (χ2n) is 7.27. The number of benzene rings is 2. The first-order valence-corrected chi connectivity index (χ1v) is 10.2. The summed E-state index contributed by atoms with van der Waals surface area (Å²) in [5, 5.41) is 3.83. The highest BCUT2D eigenvalue weighted by Gasteiger charge is 2.31. The van der Waals surface area contributed by atoms with Crippen LogP contribution in [-0.2, 0) is 24.1 Å². The minimum Gasteiger partial charge on any atom is -0.367 e. The van der Waals surface area contributed by atoms with Crippen LogP contribution in [0.5, 0.6) is 0 Å². The van der Waals surface area contributed by atoms with Gasteiger partial charge in [0.1, 0.15) is 6.54 Å². The molecule has 2 aromatic carbocycles. The van der Waals surface area contributed by atoms with E-state index in [1.807, 2.05) is 42.5 Å². The number of hydrogen-bond donors (Lipinski definition) is 1. The average molecular weight is 456 g/mol. The summed E-state index contributed by atoms with van der Waals surface area (Å²) in [7, 11) is 0. The average Bonchev–Trinajstić information content (AvgIpc) is 2.79. The normalized spacial score (nSPS) is 11.5. The maximum atomic E-state index is 12.8. The van der Waals surface area contributed by atoms with Crippen LogP contribution in [0.1, 0.15) is 23.6 Å². The summed E-state index contributed by atoms with van der Waals surface area (Å²) >= 11 is 0. The molecule has 1 N–H and O–H groups in total. The van der Waals surface area contributed by atoms with Gasteiger partial charge in [0, 0.05) is 31.0 Å². The molecule has 0 saturated carbocycles. The van der Waals surface area contributed by atoms with Gasteiger partial charge in [0.15, 0.2) is 0 Å². The summed E-state index contributed by atoms with van der Waals surface area (Å²) in [4.78, 5) is 25.9. The molecule has 3 aromatic rings. The fourth-order valence-electron chi connectivity index (χ4n) is 3.15. The third kappa shape index (κ3) is 6.80. The molecule has 0 spiro atoms. The van der Waals surface area contributed by atoms with Crippen LogP contribution >= 0.6 is 0 Å². The Kier molecular flexibility index (Phi) is 7.66. The van der Waals surface area contributed by atoms with Crippen molar-refractivity contribution in [3.8, 4) is 0 Å². The van der Waals surface area contributed by atoms with Crippen molar-refractivity contribution in [2.45, 2.75) is 26.2 Å². The van der Waals surface area contributed by atoms with Crippen molar-refractivity contribution in [3.63, 3.8) is 0 Å². The molecule has 0 aliphatic carbocycles. The van der Waals surface area contributed by atoms with E-state index in [1.54, 1.807) is 0 Å². The number of alkyl halides is 3. The lowest BCUT2D eigenvalue weighted by atomic mass is 10.1. The van der Waals surface area contributed by atoms with Crippen LogP contribution in [0.2, 0.25) is 0 Å². The first-order valence-electron chi connectivity index (χ1n) is 10.2. The van der Waals surface area contributed by atoms with Crippen LogP contribution in [-0.4, -0.2) is 23.2 Å². The van der Waals surface area contributed by atoms with E-state index >= 15 is 0 Å². The number of carbonyl (C=O) groups is 1. The van der Waals surface area contributed by atoms with Crippen molar-refractivity contribution >= 4 is 17.8 Å². The number of anilines is 1. The molecule has 0 bridgehead atoms. The molecule has 1 aromatic heterocycles. The molecule has 172 valence electrons. The second kappa shape index (κ2) is 10.6. The molecular formula is C24H23F3N4O2. The predicted octanol–water partition coefficient (Wildman–Crippen LogP) is 4.04. The van der Waals surface area contributed by atoms with Crippen LogP contribution in [0.4, 0.5) is 18.9 Å². The summed E-state index contributed by atoms with van der Waals surface area (Å²) in [6, 6.07) is 19.1. The van der Waals surface area contributed by atoms with Gasteiger partial charge in [-0.3, -0.25) is 9.59 Å². The second-order valence-corrected chi connectivity index (χ2v) is 7.27. The van der Waals surface area contributed by atoms with E-state index in [4.69, 9.17) is 0 Å². The third-order valence-corrected chi connectivity index (χ3v) is 4.88. The highest BCUT2D eigenvalue weighted by Crippen LogP contribution is 2.28. The Morgan fingerprint density at radius 2 is 1.76 bits per heavy atom. The lowest BCUT2D eigenvalue weighted by Crippen LogP contribution is -2.30. The number of pyridine rings is 1. The Hall–Kier alpha value is -3.88. The van der Waals surface area contributed by atoms with Crippen molar-refractivity contribution in [1.29, 1.82) is 0 Å². The maximum absolute atomic E-state index is 12.8. The van der Waals surface area contributed by atoms with Crippen molar-refractivity contribution in [2.24, 2.45) is 5.10 Å². The minimum atomic E-state index is -4.61. The Balaban J connectivity index is 1.58. The van der Waals surface area contributed by atoms with Crippen LogP contribution in [0.15, 0.2) is 82.8 Å². The molecule has 0 saturated heterocycles. The Morgan fingerprint density at radius 3 is 2.39 bits per heavy atom. The van der Waals surface area contributed by atoms with Gasteiger partial charge in [-0.2, -0.15) is 18.3 Å². The van der Waals surface area contributed by atoms with Gasteiger partial charge in [-0.1, -0.05) is 42.5 Å². The molecule has 1 amide bonds. The largest absolute Gasteiger partial charge is 0.417 e. The van der Waals surface area contributed by atoms with E-state index in [9.17, 15) is 22.8 Å². The van der Waals surface area contributed by atoms with Gasteiger partial charge >= 0.3 is 6.18 Å². The smallest absolute Gasteiger partial charge is 0.367 e. The predicted molar refractivity (Wildman–Crippen MR) is 121 cm³/mol. The highest BCUT2D eigenvalue weighted by atomic mass is 19.4. The monoisotopic (exact) mass is 456 g/mol. The first kappa shape index (κ1) is 23.8. The zero-order valence-electron chi connectivity index (χ0n) is 17.9. The number of nitrogens with one attached hydrogen (secondary N) is 1. The number of hydrogen-bond acceptors (Lipinski definition) is 4. The molecule has 0 unspecified atom stereocenters. The van der Waals surface area contributed by atoms with Crippen molar-refractivity contribution in [2.75, 3.05) is 11.4 Å². The summed E-state index contributed by atoms with van der Waals surface area (Å²) in [5.41, 5.74) is 3.47. The van der Waals surface area contributed by atoms with Crippen molar-refractivity contribution in [1.82, 2.24) is 9.99 Å². The number of halogens is 3. The zero-order valence-corrected chi connectivity index (χ0v) is 17.9. The van der Waals surface area contributed by atoms with E-state index in [2.05, 4.69) is 34.5 Å². The fourth-order valence-corrected chi connectivity index (χ4v) is 3.15. The van der Waals surface area contributed by atoms with E-state index in [0.717, 1.165) is 30.4 Å². The molecule has 0 radical (unpaired) electrons. The lowest BCUT2D eigenvalue weighted by molar-refractivity contribution is -0.138. The molecule has 0 atom stereocenters. The fraction of sp³-hybridized carbons (Fsp3) is 0.208. The van der Waals surface area contributed by atoms with Gasteiger partial charge in [-0.05, 0) is 36.2 Å². The summed E-state index contributed by atoms with van der Waals surface area (Å²) in [6.07, 6.45) is -2.58. The van der Waals surface area contributed by atoms with Crippen molar-refractivity contribution < 1.29 is 18.0 Å². The molecule has 0 fully saturated rings. The molecule has 9 heteroatoms. The minimum absolute atomic E-state index is 0.579. The first-order chi connectivity index (χ1) is 15.8. The van der Waals surface area contributed by atoms with E-state index in [0.29, 0.717) is 16.8 Å². The van der Waals surface area contributed by atoms with Crippen LogP contribution < -0.4 is 15.9 Å². The number of nitrogens with zero attached hydrogens (tertiary/aromatic N) is 3. The Labute approximate surface area is 189 Å². The van der Waals surface area contributed by atoms with Gasteiger partial charge in [-0.25, -0.2) is 5.43 Å². The van der Waals surface area contributed by atoms with Gasteiger partial charge in [-0.15, -0.1) is 0 Å². The molecule has 0 aliphatic heterocycles. The summed E-state index contributed by atoms with van der Waals surface area (Å²) in [6.45, 7) is 3.09. The lowest BCUT2D eigenvalue weighted by Gasteiger charge is -2.23. The number of rotatable bonds is 8. The number of hydrazone groups is 1. The standard InChI is InChI=1S/C24H23F3N4O2/c1-2-30(15-19-6-4-3-5-7-19)21-11-8-18(9-12-21)14-28-29-22(32)17-31-16-20(24(25,26)27)10-13-23(31)33/h3-14,16H,2,15,17H2,1H3,(H,29,32). The van der Waals surface area contributed by atoms with E-state index in [1.165, 1.54) is 11.8 Å². The van der Waals surface area contributed by atoms with Crippen LogP contribution in [0.3, 0.4) is 0 Å². The number of aromatic nitrogens is 1. The van der Waals surface area contributed by atoms with Gasteiger partial charge < -0.3 is 9.47 Å². The van der Waals surface area contributed by atoms with Crippen LogP contribution in [0, 0.1) is 0 Å². The SMILES string of the molecule is CCN(Cc1ccccc1)c1ccc(C=NNC(=O)Cn2cc(C(F)(F)F)ccc2=O)cc1. The molecule has 33 heavy (non-hydrogen) atoms. The zero-order chi connectivity index (χ0) is 23.8.